The first-order valence-corrected chi connectivity index (χ1v) is 11.4. The highest BCUT2D eigenvalue weighted by Crippen LogP contribution is 2.37. The SMILES string of the molecule is [2H]C([2H])([2H])NN(C(=O)c1cc2c3c(c(N)nc2cc1C)COC3)C1COCc2c1ccn1c(C(F)(F)F)cnc21. The predicted octanol–water partition coefficient (Wildman–Crippen LogP) is 3.67. The van der Waals surface area contributed by atoms with E-state index in [1.807, 2.05) is 0 Å². The van der Waals surface area contributed by atoms with E-state index >= 15 is 0 Å². The van der Waals surface area contributed by atoms with Crippen LogP contribution in [0.3, 0.4) is 0 Å². The lowest BCUT2D eigenvalue weighted by molar-refractivity contribution is -0.141. The third-order valence-corrected chi connectivity index (χ3v) is 6.95. The molecule has 1 unspecified atom stereocenters. The van der Waals surface area contributed by atoms with Crippen LogP contribution in [0.15, 0.2) is 30.6 Å². The number of hydrazine groups is 1. The molecule has 37 heavy (non-hydrogen) atoms. The van der Waals surface area contributed by atoms with Crippen LogP contribution in [0, 0.1) is 6.92 Å². The first-order chi connectivity index (χ1) is 18.8. The standard InChI is InChI=1S/C25H23F3N6O3/c1-12-5-19-15(16-8-36-9-17(16)22(29)32-19)6-14(12)24(35)34(30-2)20-11-37-10-18-13(20)3-4-33-21(25(26,27)28)7-31-23(18)33/h3-7,20,30H,8-11H2,1-2H3,(H2,29,32)/i2D3. The highest BCUT2D eigenvalue weighted by molar-refractivity contribution is 6.01. The summed E-state index contributed by atoms with van der Waals surface area (Å²) in [7, 11) is 0. The molecule has 12 heteroatoms. The fourth-order valence-electron chi connectivity index (χ4n) is 5.12. The monoisotopic (exact) mass is 515 g/mol. The molecule has 5 heterocycles. The minimum Gasteiger partial charge on any atom is -0.383 e. The number of nitrogens with two attached hydrogens (primary N) is 1. The Morgan fingerprint density at radius 1 is 1.24 bits per heavy atom. The smallest absolute Gasteiger partial charge is 0.383 e. The van der Waals surface area contributed by atoms with Gasteiger partial charge < -0.3 is 15.2 Å². The van der Waals surface area contributed by atoms with Crippen LogP contribution in [0.2, 0.25) is 0 Å². The number of halogens is 3. The summed E-state index contributed by atoms with van der Waals surface area (Å²) in [6.07, 6.45) is -2.70. The number of rotatable bonds is 3. The number of carbonyl (C=O) groups is 1. The molecule has 1 amide bonds. The normalized spacial score (nSPS) is 18.8. The lowest BCUT2D eigenvalue weighted by Gasteiger charge is -2.35. The van der Waals surface area contributed by atoms with Crippen LogP contribution in [0.25, 0.3) is 16.6 Å². The van der Waals surface area contributed by atoms with E-state index in [1.165, 1.54) is 12.3 Å². The number of fused-ring (bicyclic) bond motifs is 6. The van der Waals surface area contributed by atoms with Crippen molar-refractivity contribution >= 4 is 28.3 Å². The van der Waals surface area contributed by atoms with E-state index in [9.17, 15) is 18.0 Å². The van der Waals surface area contributed by atoms with Crippen LogP contribution < -0.4 is 11.2 Å². The van der Waals surface area contributed by atoms with Gasteiger partial charge in [-0.25, -0.2) is 15.4 Å². The van der Waals surface area contributed by atoms with Gasteiger partial charge in [-0.3, -0.25) is 14.2 Å². The van der Waals surface area contributed by atoms with Crippen molar-refractivity contribution in [2.75, 3.05) is 19.3 Å². The molecule has 0 saturated heterocycles. The lowest BCUT2D eigenvalue weighted by Crippen LogP contribution is -2.46. The number of nitrogen functional groups attached to an aromatic ring is 1. The second-order valence-electron chi connectivity index (χ2n) is 9.03. The number of alkyl halides is 3. The zero-order chi connectivity index (χ0) is 28.6. The Hall–Kier alpha value is -3.74. The van der Waals surface area contributed by atoms with Gasteiger partial charge in [-0.1, -0.05) is 0 Å². The van der Waals surface area contributed by atoms with Crippen LogP contribution in [0.1, 0.15) is 54.0 Å². The molecule has 3 aromatic heterocycles. The van der Waals surface area contributed by atoms with Gasteiger partial charge in [0, 0.05) is 39.4 Å². The van der Waals surface area contributed by atoms with E-state index in [2.05, 4.69) is 15.4 Å². The molecule has 6 rings (SSSR count). The Morgan fingerprint density at radius 2 is 2.03 bits per heavy atom. The molecule has 0 saturated carbocycles. The highest BCUT2D eigenvalue weighted by atomic mass is 19.4. The maximum absolute atomic E-state index is 14.1. The van der Waals surface area contributed by atoms with Gasteiger partial charge in [0.2, 0.25) is 0 Å². The summed E-state index contributed by atoms with van der Waals surface area (Å²) in [5.41, 5.74) is 11.0. The maximum Gasteiger partial charge on any atom is 0.433 e. The summed E-state index contributed by atoms with van der Waals surface area (Å²) >= 11 is 0. The lowest BCUT2D eigenvalue weighted by atomic mass is 9.97. The molecular formula is C25H23F3N6O3. The molecule has 2 aliphatic rings. The van der Waals surface area contributed by atoms with E-state index in [1.54, 1.807) is 19.1 Å². The predicted molar refractivity (Wildman–Crippen MR) is 127 cm³/mol. The van der Waals surface area contributed by atoms with Gasteiger partial charge in [0.15, 0.2) is 0 Å². The largest absolute Gasteiger partial charge is 0.433 e. The second-order valence-corrected chi connectivity index (χ2v) is 9.03. The number of anilines is 1. The minimum absolute atomic E-state index is 0.0110. The van der Waals surface area contributed by atoms with E-state index < -0.39 is 30.8 Å². The topological polar surface area (TPSA) is 107 Å². The molecule has 0 fully saturated rings. The van der Waals surface area contributed by atoms with Crippen LogP contribution in [0.4, 0.5) is 19.0 Å². The van der Waals surface area contributed by atoms with Gasteiger partial charge in [0.05, 0.1) is 44.2 Å². The molecule has 0 radical (unpaired) electrons. The number of hydrogen-bond donors (Lipinski definition) is 2. The highest BCUT2D eigenvalue weighted by Gasteiger charge is 2.37. The van der Waals surface area contributed by atoms with Gasteiger partial charge in [-0.2, -0.15) is 13.2 Å². The number of aryl methyl sites for hydroxylation is 1. The van der Waals surface area contributed by atoms with Crippen LogP contribution in [0.5, 0.6) is 0 Å². The Balaban J connectivity index is 1.47. The van der Waals surface area contributed by atoms with E-state index in [-0.39, 0.29) is 31.0 Å². The third-order valence-electron chi connectivity index (χ3n) is 6.95. The summed E-state index contributed by atoms with van der Waals surface area (Å²) in [6.45, 7) is -0.657. The summed E-state index contributed by atoms with van der Waals surface area (Å²) in [5, 5.41) is 1.62. The van der Waals surface area contributed by atoms with Crippen LogP contribution >= 0.6 is 0 Å². The molecule has 9 nitrogen and oxygen atoms in total. The van der Waals surface area contributed by atoms with E-state index in [0.29, 0.717) is 40.0 Å². The fourth-order valence-corrected chi connectivity index (χ4v) is 5.12. The van der Waals surface area contributed by atoms with Crippen molar-refractivity contribution in [2.24, 2.45) is 0 Å². The minimum atomic E-state index is -4.63. The van der Waals surface area contributed by atoms with Crippen LogP contribution in [-0.2, 0) is 35.5 Å². The number of pyridine rings is 2. The number of amides is 1. The van der Waals surface area contributed by atoms with Crippen molar-refractivity contribution in [3.8, 4) is 0 Å². The molecule has 0 aliphatic carbocycles. The molecule has 4 aromatic rings. The maximum atomic E-state index is 14.1. The van der Waals surface area contributed by atoms with Gasteiger partial charge in [0.25, 0.3) is 5.91 Å². The molecule has 192 valence electrons. The van der Waals surface area contributed by atoms with Crippen LogP contribution in [-0.4, -0.2) is 38.9 Å². The number of nitrogens with zero attached hydrogens (tertiary/aromatic N) is 4. The Kier molecular flexibility index (Phi) is 4.62. The molecule has 1 aromatic carbocycles. The van der Waals surface area contributed by atoms with Gasteiger partial charge in [-0.05, 0) is 41.8 Å². The average molecular weight is 516 g/mol. The number of benzene rings is 1. The number of nitrogens with one attached hydrogen (secondary N) is 1. The summed E-state index contributed by atoms with van der Waals surface area (Å²) in [6, 6.07) is 3.78. The molecule has 3 N–H and O–H groups in total. The zero-order valence-corrected chi connectivity index (χ0v) is 19.5. The summed E-state index contributed by atoms with van der Waals surface area (Å²) in [4.78, 5) is 22.5. The number of hydrogen-bond acceptors (Lipinski definition) is 7. The van der Waals surface area contributed by atoms with Crippen molar-refractivity contribution in [2.45, 2.75) is 39.0 Å². The third kappa shape index (κ3) is 3.63. The Morgan fingerprint density at radius 3 is 2.81 bits per heavy atom. The van der Waals surface area contributed by atoms with Crippen molar-refractivity contribution in [1.82, 2.24) is 24.8 Å². The average Bonchev–Trinajstić information content (AvgIpc) is 3.54. The quantitative estimate of drug-likeness (QED) is 0.401. The Labute approximate surface area is 213 Å². The van der Waals surface area contributed by atoms with E-state index in [0.717, 1.165) is 26.7 Å². The Bertz CT molecular complexity index is 1690. The molecule has 2 aliphatic heterocycles. The molecule has 1 atom stereocenters. The summed E-state index contributed by atoms with van der Waals surface area (Å²) in [5.74, 6) is -0.320. The zero-order valence-electron chi connectivity index (χ0n) is 22.5. The van der Waals surface area contributed by atoms with Gasteiger partial charge in [0.1, 0.15) is 17.2 Å². The van der Waals surface area contributed by atoms with Crippen molar-refractivity contribution in [3.05, 3.63) is 69.7 Å². The van der Waals surface area contributed by atoms with Gasteiger partial charge in [-0.15, -0.1) is 0 Å². The number of carbonyl (C=O) groups excluding carboxylic acids is 1. The first kappa shape index (κ1) is 20.3. The summed E-state index contributed by atoms with van der Waals surface area (Å²) < 4.78 is 76.1. The van der Waals surface area contributed by atoms with Crippen molar-refractivity contribution in [3.63, 3.8) is 0 Å². The fraction of sp³-hybridized carbons (Fsp3) is 0.320. The molecule has 0 bridgehead atoms. The van der Waals surface area contributed by atoms with E-state index in [4.69, 9.17) is 19.3 Å². The van der Waals surface area contributed by atoms with Crippen molar-refractivity contribution < 1.29 is 31.6 Å². The number of imidazole rings is 1. The second kappa shape index (κ2) is 8.40. The number of aromatic nitrogens is 3. The van der Waals surface area contributed by atoms with Gasteiger partial charge >= 0.3 is 6.18 Å². The number of ether oxygens (including phenoxy) is 2. The van der Waals surface area contributed by atoms with Crippen molar-refractivity contribution in [1.29, 1.82) is 0 Å². The molecular weight excluding hydrogens is 489 g/mol. The molecule has 0 spiro atoms. The first-order valence-electron chi connectivity index (χ1n) is 12.9.